The van der Waals surface area contributed by atoms with E-state index >= 15 is 0 Å². The number of carbonyl (C=O) groups is 1. The monoisotopic (exact) mass is 388 g/mol. The molecular weight excluding hydrogens is 370 g/mol. The molecular formula is C20H18F2N2O4. The van der Waals surface area contributed by atoms with E-state index in [-0.39, 0.29) is 12.4 Å². The Labute approximate surface area is 159 Å². The van der Waals surface area contributed by atoms with Gasteiger partial charge in [-0.05, 0) is 30.7 Å². The van der Waals surface area contributed by atoms with Gasteiger partial charge in [0.25, 0.3) is 5.91 Å². The van der Waals surface area contributed by atoms with Gasteiger partial charge < -0.3 is 19.7 Å². The SMILES string of the molecule is CCCOc1cccc(-c2cc(COc3ccc(F)c(C(N)=O)c3F)on2)c1. The first kappa shape index (κ1) is 19.3. The molecule has 0 saturated carbocycles. The van der Waals surface area contributed by atoms with Crippen LogP contribution in [-0.2, 0) is 6.61 Å². The van der Waals surface area contributed by atoms with Crippen molar-refractivity contribution in [1.82, 2.24) is 5.16 Å². The third-order valence-corrected chi connectivity index (χ3v) is 3.83. The summed E-state index contributed by atoms with van der Waals surface area (Å²) in [5.41, 5.74) is 5.48. The van der Waals surface area contributed by atoms with Gasteiger partial charge in [0.2, 0.25) is 0 Å². The molecule has 0 spiro atoms. The number of amides is 1. The van der Waals surface area contributed by atoms with Crippen LogP contribution in [0.25, 0.3) is 11.3 Å². The molecule has 1 heterocycles. The fourth-order valence-corrected chi connectivity index (χ4v) is 2.50. The smallest absolute Gasteiger partial charge is 0.254 e. The lowest BCUT2D eigenvalue weighted by atomic mass is 10.1. The number of nitrogens with two attached hydrogens (primary N) is 1. The molecule has 3 rings (SSSR count). The molecule has 0 unspecified atom stereocenters. The Morgan fingerprint density at radius 3 is 2.75 bits per heavy atom. The van der Waals surface area contributed by atoms with E-state index in [0.717, 1.165) is 24.1 Å². The van der Waals surface area contributed by atoms with Crippen LogP contribution in [0.5, 0.6) is 11.5 Å². The predicted octanol–water partition coefficient (Wildman–Crippen LogP) is 4.09. The minimum Gasteiger partial charge on any atom is -0.494 e. The van der Waals surface area contributed by atoms with Crippen LogP contribution in [0, 0.1) is 11.6 Å². The highest BCUT2D eigenvalue weighted by molar-refractivity contribution is 5.93. The van der Waals surface area contributed by atoms with Gasteiger partial charge in [-0.15, -0.1) is 0 Å². The topological polar surface area (TPSA) is 87.6 Å². The maximum atomic E-state index is 14.2. The van der Waals surface area contributed by atoms with Crippen LogP contribution in [0.3, 0.4) is 0 Å². The molecule has 0 aliphatic rings. The molecule has 0 fully saturated rings. The van der Waals surface area contributed by atoms with Gasteiger partial charge >= 0.3 is 0 Å². The number of hydrogen-bond acceptors (Lipinski definition) is 5. The summed E-state index contributed by atoms with van der Waals surface area (Å²) in [6.07, 6.45) is 0.896. The first-order valence-electron chi connectivity index (χ1n) is 8.59. The molecule has 1 amide bonds. The second kappa shape index (κ2) is 8.51. The van der Waals surface area contributed by atoms with Crippen molar-refractivity contribution in [1.29, 1.82) is 0 Å². The van der Waals surface area contributed by atoms with Crippen LogP contribution in [-0.4, -0.2) is 17.7 Å². The Bertz CT molecular complexity index is 988. The lowest BCUT2D eigenvalue weighted by Crippen LogP contribution is -2.16. The van der Waals surface area contributed by atoms with Crippen LogP contribution in [0.4, 0.5) is 8.78 Å². The first-order chi connectivity index (χ1) is 13.5. The Kier molecular flexibility index (Phi) is 5.88. The van der Waals surface area contributed by atoms with Gasteiger partial charge in [-0.25, -0.2) is 8.78 Å². The average Bonchev–Trinajstić information content (AvgIpc) is 3.15. The summed E-state index contributed by atoms with van der Waals surface area (Å²) in [7, 11) is 0. The number of nitrogens with zero attached hydrogens (tertiary/aromatic N) is 1. The normalized spacial score (nSPS) is 10.7. The number of benzene rings is 2. The van der Waals surface area contributed by atoms with Crippen molar-refractivity contribution >= 4 is 5.91 Å². The Balaban J connectivity index is 1.72. The number of carbonyl (C=O) groups excluding carboxylic acids is 1. The lowest BCUT2D eigenvalue weighted by Gasteiger charge is -2.08. The summed E-state index contributed by atoms with van der Waals surface area (Å²) >= 11 is 0. The van der Waals surface area contributed by atoms with E-state index in [1.807, 2.05) is 31.2 Å². The van der Waals surface area contributed by atoms with E-state index in [1.165, 1.54) is 0 Å². The molecule has 3 aromatic rings. The van der Waals surface area contributed by atoms with Crippen LogP contribution in [0.1, 0.15) is 29.5 Å². The van der Waals surface area contributed by atoms with Gasteiger partial charge in [-0.1, -0.05) is 24.2 Å². The zero-order valence-corrected chi connectivity index (χ0v) is 15.1. The second-order valence-corrected chi connectivity index (χ2v) is 5.94. The van der Waals surface area contributed by atoms with Gasteiger partial charge in [-0.3, -0.25) is 4.79 Å². The number of rotatable bonds is 8. The summed E-state index contributed by atoms with van der Waals surface area (Å²) in [5.74, 6) is -2.71. The molecule has 6 nitrogen and oxygen atoms in total. The third-order valence-electron chi connectivity index (χ3n) is 3.83. The van der Waals surface area contributed by atoms with Crippen LogP contribution >= 0.6 is 0 Å². The van der Waals surface area contributed by atoms with Gasteiger partial charge in [0.15, 0.2) is 17.3 Å². The standard InChI is InChI=1S/C20H18F2N2O4/c1-2-8-26-13-5-3-4-12(9-13)16-10-14(28-24-16)11-27-17-7-6-15(21)18(19(17)22)20(23)25/h3-7,9-10H,2,8,11H2,1H3,(H2,23,25). The summed E-state index contributed by atoms with van der Waals surface area (Å²) in [5, 5.41) is 3.96. The minimum atomic E-state index is -1.22. The molecule has 1 aromatic heterocycles. The van der Waals surface area contributed by atoms with Crippen LogP contribution in [0.15, 0.2) is 47.0 Å². The van der Waals surface area contributed by atoms with Crippen molar-refractivity contribution in [3.63, 3.8) is 0 Å². The van der Waals surface area contributed by atoms with Crippen molar-refractivity contribution < 1.29 is 27.6 Å². The van der Waals surface area contributed by atoms with Gasteiger partial charge in [0.05, 0.1) is 6.61 Å². The number of halogens is 2. The molecule has 0 atom stereocenters. The predicted molar refractivity (Wildman–Crippen MR) is 96.9 cm³/mol. The van der Waals surface area contributed by atoms with E-state index < -0.39 is 23.1 Å². The fraction of sp³-hybridized carbons (Fsp3) is 0.200. The van der Waals surface area contributed by atoms with Gasteiger partial charge in [0.1, 0.15) is 29.4 Å². The largest absolute Gasteiger partial charge is 0.494 e. The number of ether oxygens (including phenoxy) is 2. The molecule has 0 bridgehead atoms. The highest BCUT2D eigenvalue weighted by Crippen LogP contribution is 2.26. The number of primary amides is 1. The van der Waals surface area contributed by atoms with Crippen LogP contribution in [0.2, 0.25) is 0 Å². The molecule has 0 radical (unpaired) electrons. The molecule has 0 aliphatic carbocycles. The van der Waals surface area contributed by atoms with Crippen LogP contribution < -0.4 is 15.2 Å². The quantitative estimate of drug-likeness (QED) is 0.628. The second-order valence-electron chi connectivity index (χ2n) is 5.94. The average molecular weight is 388 g/mol. The van der Waals surface area contributed by atoms with Gasteiger partial charge in [0, 0.05) is 11.6 Å². The van der Waals surface area contributed by atoms with Crippen molar-refractivity contribution in [3.8, 4) is 22.8 Å². The maximum Gasteiger partial charge on any atom is 0.254 e. The molecule has 0 saturated heterocycles. The van der Waals surface area contributed by atoms with Crippen molar-refractivity contribution in [3.05, 3.63) is 65.4 Å². The number of aromatic nitrogens is 1. The zero-order valence-electron chi connectivity index (χ0n) is 15.1. The summed E-state index contributed by atoms with van der Waals surface area (Å²) in [6.45, 7) is 2.46. The Morgan fingerprint density at radius 2 is 2.00 bits per heavy atom. The molecule has 2 N–H and O–H groups in total. The molecule has 8 heteroatoms. The molecule has 0 aliphatic heterocycles. The summed E-state index contributed by atoms with van der Waals surface area (Å²) < 4.78 is 43.8. The van der Waals surface area contributed by atoms with E-state index in [4.69, 9.17) is 19.7 Å². The van der Waals surface area contributed by atoms with Crippen molar-refractivity contribution in [2.45, 2.75) is 20.0 Å². The maximum absolute atomic E-state index is 14.2. The first-order valence-corrected chi connectivity index (χ1v) is 8.59. The summed E-state index contributed by atoms with van der Waals surface area (Å²) in [4.78, 5) is 11.2. The van der Waals surface area contributed by atoms with E-state index in [1.54, 1.807) is 6.07 Å². The summed E-state index contributed by atoms with van der Waals surface area (Å²) in [6, 6.07) is 11.0. The highest BCUT2D eigenvalue weighted by Gasteiger charge is 2.19. The van der Waals surface area contributed by atoms with Gasteiger partial charge in [-0.2, -0.15) is 0 Å². The third kappa shape index (κ3) is 4.28. The van der Waals surface area contributed by atoms with E-state index in [2.05, 4.69) is 5.16 Å². The molecule has 146 valence electrons. The fourth-order valence-electron chi connectivity index (χ4n) is 2.50. The Morgan fingerprint density at radius 1 is 1.18 bits per heavy atom. The molecule has 28 heavy (non-hydrogen) atoms. The highest BCUT2D eigenvalue weighted by atomic mass is 19.1. The van der Waals surface area contributed by atoms with Crippen molar-refractivity contribution in [2.75, 3.05) is 6.61 Å². The van der Waals surface area contributed by atoms with E-state index in [0.29, 0.717) is 23.8 Å². The van der Waals surface area contributed by atoms with E-state index in [9.17, 15) is 13.6 Å². The molecule has 2 aromatic carbocycles. The minimum absolute atomic E-state index is 0.167. The number of hydrogen-bond donors (Lipinski definition) is 1. The van der Waals surface area contributed by atoms with Crippen molar-refractivity contribution in [2.24, 2.45) is 5.73 Å². The Hall–Kier alpha value is -3.42. The lowest BCUT2D eigenvalue weighted by molar-refractivity contribution is 0.0991. The zero-order chi connectivity index (χ0) is 20.1.